The maximum Gasteiger partial charge on any atom is 0.330 e. The van der Waals surface area contributed by atoms with Crippen molar-refractivity contribution < 1.29 is 23.9 Å². The van der Waals surface area contributed by atoms with Gasteiger partial charge >= 0.3 is 5.97 Å². The van der Waals surface area contributed by atoms with E-state index in [0.29, 0.717) is 30.0 Å². The van der Waals surface area contributed by atoms with Gasteiger partial charge in [0.1, 0.15) is 12.6 Å². The van der Waals surface area contributed by atoms with E-state index in [2.05, 4.69) is 5.32 Å². The first-order valence-electron chi connectivity index (χ1n) is 9.17. The fourth-order valence-corrected chi connectivity index (χ4v) is 5.36. The molecule has 0 aromatic heterocycles. The molecule has 1 aromatic carbocycles. The van der Waals surface area contributed by atoms with E-state index in [1.54, 1.807) is 40.9 Å². The van der Waals surface area contributed by atoms with Gasteiger partial charge in [-0.05, 0) is 32.4 Å². The standard InChI is InChI=1S/C19H21N3O5S/c1-11(17(25)21-9-15(23)20-12-5-3-4-6-13(12)21)27-18(26)14-10-28-19(2)8-7-16(24)22(14)19/h3-6,11,14H,7-10H2,1-2H3,(H,20,23)/t11-,14-,19+/m1/s1. The van der Waals surface area contributed by atoms with Crippen LogP contribution in [0.2, 0.25) is 0 Å². The molecule has 0 aliphatic carbocycles. The molecule has 3 heterocycles. The largest absolute Gasteiger partial charge is 0.451 e. The Kier molecular flexibility index (Phi) is 4.57. The summed E-state index contributed by atoms with van der Waals surface area (Å²) in [5, 5.41) is 2.72. The third kappa shape index (κ3) is 3.03. The summed E-state index contributed by atoms with van der Waals surface area (Å²) in [4.78, 5) is 52.3. The molecule has 9 heteroatoms. The third-order valence-electron chi connectivity index (χ3n) is 5.39. The number of anilines is 2. The fraction of sp³-hybridized carbons (Fsp3) is 0.474. The van der Waals surface area contributed by atoms with Crippen molar-refractivity contribution in [3.8, 4) is 0 Å². The maximum atomic E-state index is 12.9. The molecule has 4 rings (SSSR count). The van der Waals surface area contributed by atoms with Crippen LogP contribution in [0.1, 0.15) is 26.7 Å². The van der Waals surface area contributed by atoms with Crippen LogP contribution < -0.4 is 10.2 Å². The first kappa shape index (κ1) is 18.8. The van der Waals surface area contributed by atoms with Crippen LogP contribution in [0.25, 0.3) is 0 Å². The van der Waals surface area contributed by atoms with Crippen LogP contribution in [0, 0.1) is 0 Å². The van der Waals surface area contributed by atoms with Gasteiger partial charge in [-0.15, -0.1) is 11.8 Å². The molecule has 1 N–H and O–H groups in total. The smallest absolute Gasteiger partial charge is 0.330 e. The second kappa shape index (κ2) is 6.80. The first-order chi connectivity index (χ1) is 13.3. The normalized spacial score (nSPS) is 27.1. The van der Waals surface area contributed by atoms with Gasteiger partial charge in [-0.2, -0.15) is 0 Å². The van der Waals surface area contributed by atoms with Crippen LogP contribution >= 0.6 is 11.8 Å². The number of nitrogens with zero attached hydrogens (tertiary/aromatic N) is 2. The summed E-state index contributed by atoms with van der Waals surface area (Å²) in [7, 11) is 0. The average Bonchev–Trinajstić information content (AvgIpc) is 3.16. The van der Waals surface area contributed by atoms with Gasteiger partial charge in [0.25, 0.3) is 5.91 Å². The molecular weight excluding hydrogens is 382 g/mol. The summed E-state index contributed by atoms with van der Waals surface area (Å²) >= 11 is 1.57. The summed E-state index contributed by atoms with van der Waals surface area (Å²) in [5.74, 6) is -0.971. The van der Waals surface area contributed by atoms with Crippen LogP contribution in [0.5, 0.6) is 0 Å². The van der Waals surface area contributed by atoms with Gasteiger partial charge in [-0.1, -0.05) is 12.1 Å². The van der Waals surface area contributed by atoms with Gasteiger partial charge in [0.15, 0.2) is 6.10 Å². The lowest BCUT2D eigenvalue weighted by atomic mass is 10.1. The highest BCUT2D eigenvalue weighted by Gasteiger charge is 2.53. The molecule has 8 nitrogen and oxygen atoms in total. The lowest BCUT2D eigenvalue weighted by Crippen LogP contribution is -2.50. The van der Waals surface area contributed by atoms with Crippen molar-refractivity contribution in [2.75, 3.05) is 22.5 Å². The minimum Gasteiger partial charge on any atom is -0.451 e. The highest BCUT2D eigenvalue weighted by atomic mass is 32.2. The molecule has 28 heavy (non-hydrogen) atoms. The Morgan fingerprint density at radius 3 is 2.86 bits per heavy atom. The van der Waals surface area contributed by atoms with Gasteiger partial charge in [0, 0.05) is 12.2 Å². The van der Waals surface area contributed by atoms with E-state index in [9.17, 15) is 19.2 Å². The number of carbonyl (C=O) groups is 4. The molecule has 0 spiro atoms. The zero-order chi connectivity index (χ0) is 20.1. The molecule has 0 unspecified atom stereocenters. The summed E-state index contributed by atoms with van der Waals surface area (Å²) in [6.45, 7) is 3.30. The molecular formula is C19H21N3O5S. The Hall–Kier alpha value is -2.55. The molecule has 2 fully saturated rings. The third-order valence-corrected chi connectivity index (χ3v) is 6.90. The second-order valence-corrected chi connectivity index (χ2v) is 8.84. The fourth-order valence-electron chi connectivity index (χ4n) is 3.95. The number of carbonyl (C=O) groups excluding carboxylic acids is 4. The zero-order valence-electron chi connectivity index (χ0n) is 15.6. The number of esters is 1. The van der Waals surface area contributed by atoms with E-state index in [1.807, 2.05) is 6.92 Å². The van der Waals surface area contributed by atoms with Crippen molar-refractivity contribution in [1.29, 1.82) is 0 Å². The van der Waals surface area contributed by atoms with E-state index in [-0.39, 0.29) is 23.2 Å². The maximum absolute atomic E-state index is 12.9. The van der Waals surface area contributed by atoms with Crippen molar-refractivity contribution in [1.82, 2.24) is 4.90 Å². The number of benzene rings is 1. The Morgan fingerprint density at radius 1 is 1.32 bits per heavy atom. The number of rotatable bonds is 3. The molecule has 1 aromatic rings. The number of fused-ring (bicyclic) bond motifs is 2. The minimum absolute atomic E-state index is 0.0601. The topological polar surface area (TPSA) is 96.0 Å². The van der Waals surface area contributed by atoms with Crippen LogP contribution in [-0.4, -0.2) is 57.9 Å². The molecule has 0 bridgehead atoms. The molecule has 3 aliphatic rings. The van der Waals surface area contributed by atoms with Crippen LogP contribution in [0.15, 0.2) is 24.3 Å². The van der Waals surface area contributed by atoms with Gasteiger partial charge in [-0.25, -0.2) is 4.79 Å². The lowest BCUT2D eigenvalue weighted by Gasteiger charge is -2.32. The van der Waals surface area contributed by atoms with Crippen LogP contribution in [0.4, 0.5) is 11.4 Å². The Morgan fingerprint density at radius 2 is 2.07 bits per heavy atom. The summed E-state index contributed by atoms with van der Waals surface area (Å²) in [6, 6.07) is 6.28. The average molecular weight is 403 g/mol. The predicted molar refractivity (Wildman–Crippen MR) is 104 cm³/mol. The minimum atomic E-state index is -1.07. The van der Waals surface area contributed by atoms with Crippen LogP contribution in [-0.2, 0) is 23.9 Å². The molecule has 3 aliphatic heterocycles. The van der Waals surface area contributed by atoms with Crippen molar-refractivity contribution in [2.24, 2.45) is 0 Å². The van der Waals surface area contributed by atoms with E-state index in [0.717, 1.165) is 0 Å². The number of thioether (sulfide) groups is 1. The molecule has 0 saturated carbocycles. The second-order valence-electron chi connectivity index (χ2n) is 7.33. The first-order valence-corrected chi connectivity index (χ1v) is 10.2. The highest BCUT2D eigenvalue weighted by Crippen LogP contribution is 2.47. The van der Waals surface area contributed by atoms with Gasteiger partial charge in [0.05, 0.1) is 16.2 Å². The number of ether oxygens (including phenoxy) is 1. The molecule has 0 radical (unpaired) electrons. The summed E-state index contributed by atoms with van der Waals surface area (Å²) < 4.78 is 5.43. The van der Waals surface area contributed by atoms with E-state index in [1.165, 1.54) is 11.8 Å². The van der Waals surface area contributed by atoms with Crippen LogP contribution in [0.3, 0.4) is 0 Å². The van der Waals surface area contributed by atoms with Gasteiger partial charge in [-0.3, -0.25) is 19.3 Å². The lowest BCUT2D eigenvalue weighted by molar-refractivity contribution is -0.160. The number of amides is 3. The summed E-state index contributed by atoms with van der Waals surface area (Å²) in [5.41, 5.74) is 1.10. The van der Waals surface area contributed by atoms with E-state index >= 15 is 0 Å². The number of hydrogen-bond acceptors (Lipinski definition) is 6. The SMILES string of the molecule is C[C@@H](OC(=O)[C@H]1CS[C@@]2(C)CCC(=O)N12)C(=O)N1CC(=O)Nc2ccccc21. The Balaban J connectivity index is 1.48. The molecule has 3 atom stereocenters. The Bertz CT molecular complexity index is 875. The monoisotopic (exact) mass is 403 g/mol. The zero-order valence-corrected chi connectivity index (χ0v) is 16.5. The highest BCUT2D eigenvalue weighted by molar-refractivity contribution is 8.01. The van der Waals surface area contributed by atoms with E-state index < -0.39 is 24.0 Å². The van der Waals surface area contributed by atoms with Crippen molar-refractivity contribution >= 4 is 46.8 Å². The number of nitrogens with one attached hydrogen (secondary N) is 1. The molecule has 148 valence electrons. The van der Waals surface area contributed by atoms with Crippen molar-refractivity contribution in [3.63, 3.8) is 0 Å². The predicted octanol–water partition coefficient (Wildman–Crippen LogP) is 1.36. The molecule has 2 saturated heterocycles. The van der Waals surface area contributed by atoms with Crippen molar-refractivity contribution in [3.05, 3.63) is 24.3 Å². The summed E-state index contributed by atoms with van der Waals surface area (Å²) in [6.07, 6.45) is 0.0524. The van der Waals surface area contributed by atoms with E-state index in [4.69, 9.17) is 4.74 Å². The number of hydrogen-bond donors (Lipinski definition) is 1. The molecule has 3 amide bonds. The van der Waals surface area contributed by atoms with Crippen molar-refractivity contribution in [2.45, 2.75) is 43.7 Å². The van der Waals surface area contributed by atoms with Gasteiger partial charge < -0.3 is 15.0 Å². The van der Waals surface area contributed by atoms with Gasteiger partial charge in [0.2, 0.25) is 11.8 Å². The number of para-hydroxylation sites is 2. The Labute approximate surface area is 166 Å². The quantitative estimate of drug-likeness (QED) is 0.766.